The summed E-state index contributed by atoms with van der Waals surface area (Å²) in [7, 11) is -2.01. The summed E-state index contributed by atoms with van der Waals surface area (Å²) in [5.41, 5.74) is 1.37. The maximum Gasteiger partial charge on any atom is 0.263 e. The number of sulfonamides is 1. The highest BCUT2D eigenvalue weighted by Crippen LogP contribution is 2.22. The second-order valence-corrected chi connectivity index (χ2v) is 7.05. The van der Waals surface area contributed by atoms with Gasteiger partial charge in [-0.2, -0.15) is 0 Å². The van der Waals surface area contributed by atoms with Gasteiger partial charge in [-0.1, -0.05) is 24.3 Å². The zero-order valence-electron chi connectivity index (χ0n) is 13.5. The Kier molecular flexibility index (Phi) is 4.71. The number of methoxy groups -OCH3 is 1. The summed E-state index contributed by atoms with van der Waals surface area (Å²) in [5.74, 6) is 0.593. The smallest absolute Gasteiger partial charge is 0.263 e. The molecule has 8 heteroatoms. The van der Waals surface area contributed by atoms with E-state index in [-0.39, 0.29) is 23.2 Å². The number of amidine groups is 1. The molecule has 2 N–H and O–H groups in total. The molecule has 1 aliphatic rings. The summed E-state index contributed by atoms with van der Waals surface area (Å²) >= 11 is 0. The van der Waals surface area contributed by atoms with Gasteiger partial charge in [0.1, 0.15) is 18.1 Å². The molecule has 0 bridgehead atoms. The van der Waals surface area contributed by atoms with Crippen LogP contribution < -0.4 is 14.8 Å². The molecular formula is C17H17N3O4S. The summed E-state index contributed by atoms with van der Waals surface area (Å²) < 4.78 is 31.4. The Bertz CT molecular complexity index is 938. The molecule has 2 aromatic carbocycles. The van der Waals surface area contributed by atoms with E-state index < -0.39 is 10.0 Å². The summed E-state index contributed by atoms with van der Waals surface area (Å²) in [6, 6.07) is 13.9. The Hall–Kier alpha value is -2.87. The van der Waals surface area contributed by atoms with E-state index in [4.69, 9.17) is 4.74 Å². The molecule has 0 aromatic heterocycles. The van der Waals surface area contributed by atoms with Crippen molar-refractivity contribution in [2.45, 2.75) is 11.4 Å². The van der Waals surface area contributed by atoms with Crippen molar-refractivity contribution in [2.75, 3.05) is 13.7 Å². The maximum atomic E-state index is 12.0. The van der Waals surface area contributed by atoms with Crippen molar-refractivity contribution >= 4 is 21.8 Å². The third-order valence-corrected chi connectivity index (χ3v) is 5.06. The molecule has 1 amide bonds. The molecule has 0 saturated heterocycles. The quantitative estimate of drug-likeness (QED) is 0.834. The number of fused-ring (bicyclic) bond motifs is 1. The molecule has 3 rings (SSSR count). The Morgan fingerprint density at radius 2 is 2.00 bits per heavy atom. The van der Waals surface area contributed by atoms with Crippen molar-refractivity contribution in [3.8, 4) is 5.75 Å². The molecule has 0 saturated carbocycles. The van der Waals surface area contributed by atoms with Crippen LogP contribution in [0.2, 0.25) is 0 Å². The first kappa shape index (κ1) is 17.0. The summed E-state index contributed by atoms with van der Waals surface area (Å²) in [4.78, 5) is 16.2. The molecule has 25 heavy (non-hydrogen) atoms. The lowest BCUT2D eigenvalue weighted by Crippen LogP contribution is -2.28. The van der Waals surface area contributed by atoms with Crippen LogP contribution in [0.25, 0.3) is 0 Å². The zero-order chi connectivity index (χ0) is 17.9. The molecule has 0 atom stereocenters. The van der Waals surface area contributed by atoms with Crippen LogP contribution >= 0.6 is 0 Å². The number of carbonyl (C=O) groups excluding carboxylic acids is 1. The first-order valence-electron chi connectivity index (χ1n) is 7.56. The number of nitrogens with one attached hydrogen (secondary N) is 2. The van der Waals surface area contributed by atoms with Gasteiger partial charge in [-0.15, -0.1) is 0 Å². The third-order valence-electron chi connectivity index (χ3n) is 3.67. The van der Waals surface area contributed by atoms with Gasteiger partial charge in [0.25, 0.3) is 10.0 Å². The lowest BCUT2D eigenvalue weighted by molar-refractivity contribution is -0.119. The van der Waals surface area contributed by atoms with E-state index in [9.17, 15) is 13.2 Å². The number of hydrogen-bond acceptors (Lipinski definition) is 5. The predicted molar refractivity (Wildman–Crippen MR) is 93.0 cm³/mol. The first-order valence-corrected chi connectivity index (χ1v) is 9.04. The fourth-order valence-electron chi connectivity index (χ4n) is 2.44. The van der Waals surface area contributed by atoms with Crippen molar-refractivity contribution in [2.24, 2.45) is 4.99 Å². The van der Waals surface area contributed by atoms with Crippen LogP contribution in [0.15, 0.2) is 58.4 Å². The molecule has 130 valence electrons. The van der Waals surface area contributed by atoms with E-state index in [0.29, 0.717) is 17.9 Å². The van der Waals surface area contributed by atoms with E-state index in [1.54, 1.807) is 25.3 Å². The summed E-state index contributed by atoms with van der Waals surface area (Å²) in [6.07, 6.45) is 0. The Morgan fingerprint density at radius 1 is 1.20 bits per heavy atom. The molecule has 0 radical (unpaired) electrons. The Labute approximate surface area is 145 Å². The summed E-state index contributed by atoms with van der Waals surface area (Å²) in [6.45, 7) is 0.166. The van der Waals surface area contributed by atoms with Gasteiger partial charge in [0.2, 0.25) is 5.91 Å². The minimum absolute atomic E-state index is 0.170. The van der Waals surface area contributed by atoms with E-state index in [2.05, 4.69) is 15.0 Å². The highest BCUT2D eigenvalue weighted by Gasteiger charge is 2.30. The van der Waals surface area contributed by atoms with Gasteiger partial charge >= 0.3 is 0 Å². The average molecular weight is 359 g/mol. The van der Waals surface area contributed by atoms with Crippen LogP contribution in [0.3, 0.4) is 0 Å². The second-order valence-electron chi connectivity index (χ2n) is 5.39. The molecule has 0 spiro atoms. The third kappa shape index (κ3) is 3.80. The molecule has 7 nitrogen and oxygen atoms in total. The van der Waals surface area contributed by atoms with E-state index in [1.807, 2.05) is 24.3 Å². The number of rotatable bonds is 5. The van der Waals surface area contributed by atoms with Gasteiger partial charge in [-0.25, -0.2) is 8.42 Å². The standard InChI is InChI=1S/C17H17N3O4S/c1-24-13-6-4-5-12(9-13)10-18-16(21)11-19-17-14-7-2-3-8-15(14)25(22,23)20-17/h2-9H,10-11H2,1H3,(H,18,21)(H,19,20). The Morgan fingerprint density at radius 3 is 2.80 bits per heavy atom. The van der Waals surface area contributed by atoms with E-state index in [0.717, 1.165) is 5.56 Å². The largest absolute Gasteiger partial charge is 0.497 e. The average Bonchev–Trinajstić information content (AvgIpc) is 2.89. The number of benzene rings is 2. The number of hydrogen-bond donors (Lipinski definition) is 2. The monoisotopic (exact) mass is 359 g/mol. The molecule has 1 aliphatic heterocycles. The fraction of sp³-hybridized carbons (Fsp3) is 0.176. The van der Waals surface area contributed by atoms with Crippen molar-refractivity contribution in [1.29, 1.82) is 0 Å². The highest BCUT2D eigenvalue weighted by molar-refractivity contribution is 7.90. The topological polar surface area (TPSA) is 96.9 Å². The highest BCUT2D eigenvalue weighted by atomic mass is 32.2. The number of carbonyl (C=O) groups is 1. The molecule has 1 heterocycles. The fourth-order valence-corrected chi connectivity index (χ4v) is 3.69. The van der Waals surface area contributed by atoms with Gasteiger partial charge < -0.3 is 10.1 Å². The van der Waals surface area contributed by atoms with Crippen molar-refractivity contribution < 1.29 is 17.9 Å². The van der Waals surface area contributed by atoms with Crippen LogP contribution in [0.4, 0.5) is 0 Å². The van der Waals surface area contributed by atoms with Crippen LogP contribution in [-0.4, -0.2) is 33.8 Å². The van der Waals surface area contributed by atoms with Gasteiger partial charge in [0.05, 0.1) is 12.0 Å². The first-order chi connectivity index (χ1) is 12.0. The second kappa shape index (κ2) is 6.94. The van der Waals surface area contributed by atoms with Crippen LogP contribution in [-0.2, 0) is 21.4 Å². The minimum atomic E-state index is -3.59. The van der Waals surface area contributed by atoms with E-state index >= 15 is 0 Å². The van der Waals surface area contributed by atoms with E-state index in [1.165, 1.54) is 6.07 Å². The zero-order valence-corrected chi connectivity index (χ0v) is 14.3. The SMILES string of the molecule is COc1cccc(CNC(=O)CN=C2NS(=O)(=O)c3ccccc32)c1. The normalized spacial score (nSPS) is 16.1. The molecule has 0 fully saturated rings. The minimum Gasteiger partial charge on any atom is -0.497 e. The van der Waals surface area contributed by atoms with Crippen molar-refractivity contribution in [1.82, 2.24) is 10.0 Å². The number of ether oxygens (including phenoxy) is 1. The number of aliphatic imine (C=N–C) groups is 1. The molecule has 0 unspecified atom stereocenters. The van der Waals surface area contributed by atoms with Crippen molar-refractivity contribution in [3.05, 3.63) is 59.7 Å². The predicted octanol–water partition coefficient (Wildman–Crippen LogP) is 1.05. The van der Waals surface area contributed by atoms with Crippen LogP contribution in [0.5, 0.6) is 5.75 Å². The van der Waals surface area contributed by atoms with Crippen LogP contribution in [0.1, 0.15) is 11.1 Å². The molecule has 0 aliphatic carbocycles. The van der Waals surface area contributed by atoms with Gasteiger partial charge in [-0.3, -0.25) is 14.5 Å². The lowest BCUT2D eigenvalue weighted by Gasteiger charge is -2.06. The van der Waals surface area contributed by atoms with Gasteiger partial charge in [-0.05, 0) is 29.8 Å². The maximum absolute atomic E-state index is 12.0. The Balaban J connectivity index is 1.63. The van der Waals surface area contributed by atoms with Crippen molar-refractivity contribution in [3.63, 3.8) is 0 Å². The van der Waals surface area contributed by atoms with Gasteiger partial charge in [0, 0.05) is 12.1 Å². The molecular weight excluding hydrogens is 342 g/mol. The van der Waals surface area contributed by atoms with Gasteiger partial charge in [0.15, 0.2) is 0 Å². The lowest BCUT2D eigenvalue weighted by atomic mass is 10.2. The van der Waals surface area contributed by atoms with Crippen LogP contribution in [0, 0.1) is 0 Å². The number of amides is 1. The summed E-state index contributed by atoms with van der Waals surface area (Å²) in [5, 5.41) is 2.74. The molecule has 2 aromatic rings. The number of nitrogens with zero attached hydrogens (tertiary/aromatic N) is 1.